The number of aromatic amines is 1. The third-order valence-corrected chi connectivity index (χ3v) is 13.2. The number of ether oxygens (including phenoxy) is 1. The van der Waals surface area contributed by atoms with Crippen LogP contribution in [0.5, 0.6) is 11.5 Å². The van der Waals surface area contributed by atoms with Gasteiger partial charge in [0.15, 0.2) is 0 Å². The fourth-order valence-electron chi connectivity index (χ4n) is 8.06. The predicted octanol–water partition coefficient (Wildman–Crippen LogP) is 8.77. The highest BCUT2D eigenvalue weighted by Gasteiger charge is 2.30. The van der Waals surface area contributed by atoms with Crippen molar-refractivity contribution in [3.63, 3.8) is 0 Å². The van der Waals surface area contributed by atoms with Crippen molar-refractivity contribution >= 4 is 61.1 Å². The summed E-state index contributed by atoms with van der Waals surface area (Å²) in [4.78, 5) is 36.8. The molecule has 2 aromatic heterocycles. The topological polar surface area (TPSA) is 168 Å². The molecule has 0 spiro atoms. The van der Waals surface area contributed by atoms with E-state index in [9.17, 15) is 23.3 Å². The average Bonchev–Trinajstić information content (AvgIpc) is 3.89. The van der Waals surface area contributed by atoms with Crippen LogP contribution in [0.2, 0.25) is 5.02 Å². The number of piperazine rings is 1. The molecule has 1 aliphatic carbocycles. The standard InChI is InChI=1S/C45H47ClN8O6S/c1-45(2)16-14-32(39(25-45)30-4-6-33(46)7-5-30)28-52-18-20-53(21-19-52)34-8-11-38(43(23-34)60-36-9-12-40-31(22-36)15-17-48-40)44(55)50-61(58,59)37-10-13-41(42(24-37)54(56)57)49-27-35-26-47-29-51(35)3/h4-13,15,17,22-24,26,29,48-49H,14,16,18-21,25,27-28H2,1-3H3,(H,50,55). The summed E-state index contributed by atoms with van der Waals surface area (Å²) < 4.78 is 37.6. The molecule has 14 nitrogen and oxygen atoms in total. The van der Waals surface area contributed by atoms with Gasteiger partial charge < -0.3 is 24.5 Å². The molecular weight excluding hydrogens is 816 g/mol. The maximum absolute atomic E-state index is 13.9. The number of fused-ring (bicyclic) bond motifs is 1. The van der Waals surface area contributed by atoms with Crippen LogP contribution in [0.3, 0.4) is 0 Å². The molecule has 1 amide bonds. The second-order valence-corrected chi connectivity index (χ2v) is 18.5. The predicted molar refractivity (Wildman–Crippen MR) is 238 cm³/mol. The molecule has 3 N–H and O–H groups in total. The van der Waals surface area contributed by atoms with E-state index < -0.39 is 31.4 Å². The molecular formula is C45H47ClN8O6S. The van der Waals surface area contributed by atoms with Crippen molar-refractivity contribution in [3.05, 3.63) is 141 Å². The van der Waals surface area contributed by atoms with Crippen LogP contribution in [0.15, 0.2) is 114 Å². The maximum atomic E-state index is 13.9. The van der Waals surface area contributed by atoms with Crippen LogP contribution in [-0.2, 0) is 23.6 Å². The van der Waals surface area contributed by atoms with E-state index in [4.69, 9.17) is 16.3 Å². The molecule has 16 heteroatoms. The Morgan fingerprint density at radius 3 is 2.52 bits per heavy atom. The van der Waals surface area contributed by atoms with Crippen molar-refractivity contribution in [1.82, 2.24) is 24.2 Å². The number of amides is 1. The molecule has 1 saturated heterocycles. The molecule has 8 rings (SSSR count). The minimum absolute atomic E-state index is 0.0222. The summed E-state index contributed by atoms with van der Waals surface area (Å²) in [5, 5.41) is 16.7. The number of nitro groups is 1. The average molecular weight is 863 g/mol. The summed E-state index contributed by atoms with van der Waals surface area (Å²) in [5.74, 6) is -0.336. The molecule has 3 heterocycles. The lowest BCUT2D eigenvalue weighted by molar-refractivity contribution is -0.384. The van der Waals surface area contributed by atoms with E-state index in [1.807, 2.05) is 36.5 Å². The Bertz CT molecular complexity index is 2750. The zero-order valence-electron chi connectivity index (χ0n) is 34.2. The lowest BCUT2D eigenvalue weighted by atomic mass is 9.72. The summed E-state index contributed by atoms with van der Waals surface area (Å²) >= 11 is 6.24. The highest BCUT2D eigenvalue weighted by atomic mass is 35.5. The first-order chi connectivity index (χ1) is 29.2. The van der Waals surface area contributed by atoms with Gasteiger partial charge in [0.2, 0.25) is 0 Å². The number of hydrogen-bond donors (Lipinski definition) is 3. The number of hydrogen-bond acceptors (Lipinski definition) is 10. The molecule has 0 radical (unpaired) electrons. The van der Waals surface area contributed by atoms with Crippen molar-refractivity contribution in [1.29, 1.82) is 0 Å². The van der Waals surface area contributed by atoms with Gasteiger partial charge in [-0.1, -0.05) is 43.2 Å². The van der Waals surface area contributed by atoms with Crippen LogP contribution >= 0.6 is 11.6 Å². The number of aryl methyl sites for hydroxylation is 1. The Kier molecular flexibility index (Phi) is 11.6. The van der Waals surface area contributed by atoms with Gasteiger partial charge in [-0.25, -0.2) is 18.1 Å². The maximum Gasteiger partial charge on any atom is 0.293 e. The SMILES string of the molecule is Cn1cncc1CNc1ccc(S(=O)(=O)NC(=O)c2ccc(N3CCN(CC4=C(c5ccc(Cl)cc5)CC(C)(C)CC4)CC3)cc2Oc2ccc3[nH]ccc3c2)cc1[N+](=O)[O-]. The number of nitro benzene ring substituents is 1. The van der Waals surface area contributed by atoms with Crippen molar-refractivity contribution in [2.45, 2.75) is 44.6 Å². The lowest BCUT2D eigenvalue weighted by Crippen LogP contribution is -2.47. The number of halogens is 1. The quantitative estimate of drug-likeness (QED) is 0.0754. The molecule has 1 aliphatic heterocycles. The van der Waals surface area contributed by atoms with Crippen LogP contribution in [0.1, 0.15) is 54.7 Å². The zero-order chi connectivity index (χ0) is 42.9. The molecule has 6 aromatic rings. The summed E-state index contributed by atoms with van der Waals surface area (Å²) in [5.41, 5.74) is 6.45. The number of benzene rings is 4. The van der Waals surface area contributed by atoms with E-state index in [-0.39, 0.29) is 29.0 Å². The van der Waals surface area contributed by atoms with Gasteiger partial charge in [-0.3, -0.25) is 19.8 Å². The zero-order valence-corrected chi connectivity index (χ0v) is 35.7. The highest BCUT2D eigenvalue weighted by molar-refractivity contribution is 7.90. The van der Waals surface area contributed by atoms with Gasteiger partial charge in [0.05, 0.1) is 33.9 Å². The second kappa shape index (κ2) is 17.1. The summed E-state index contributed by atoms with van der Waals surface area (Å²) in [7, 11) is -2.78. The second-order valence-electron chi connectivity index (χ2n) is 16.4. The molecule has 0 atom stereocenters. The van der Waals surface area contributed by atoms with Gasteiger partial charge in [0.1, 0.15) is 17.2 Å². The van der Waals surface area contributed by atoms with Gasteiger partial charge in [0.25, 0.3) is 21.6 Å². The van der Waals surface area contributed by atoms with Crippen molar-refractivity contribution in [2.24, 2.45) is 12.5 Å². The minimum atomic E-state index is -4.57. The highest BCUT2D eigenvalue weighted by Crippen LogP contribution is 2.43. The normalized spacial score (nSPS) is 15.8. The first-order valence-corrected chi connectivity index (χ1v) is 22.0. The number of H-pyrrole nitrogens is 1. The summed E-state index contributed by atoms with van der Waals surface area (Å²) in [6.07, 6.45) is 8.24. The van der Waals surface area contributed by atoms with Gasteiger partial charge >= 0.3 is 0 Å². The van der Waals surface area contributed by atoms with Crippen LogP contribution < -0.4 is 19.7 Å². The van der Waals surface area contributed by atoms with Gasteiger partial charge in [-0.05, 0) is 96.5 Å². The van der Waals surface area contributed by atoms with Crippen molar-refractivity contribution < 1.29 is 22.9 Å². The number of carbonyl (C=O) groups excluding carboxylic acids is 1. The molecule has 0 saturated carbocycles. The smallest absolute Gasteiger partial charge is 0.293 e. The first kappa shape index (κ1) is 41.6. The molecule has 316 valence electrons. The molecule has 4 aromatic carbocycles. The number of aromatic nitrogens is 3. The van der Waals surface area contributed by atoms with Crippen LogP contribution in [-0.4, -0.2) is 71.4 Å². The van der Waals surface area contributed by atoms with E-state index in [1.165, 1.54) is 28.8 Å². The van der Waals surface area contributed by atoms with Crippen LogP contribution in [0.4, 0.5) is 17.1 Å². The largest absolute Gasteiger partial charge is 0.456 e. The molecule has 1 fully saturated rings. The Hall–Kier alpha value is -6.16. The van der Waals surface area contributed by atoms with Crippen LogP contribution in [0.25, 0.3) is 16.5 Å². The Morgan fingerprint density at radius 1 is 1.00 bits per heavy atom. The van der Waals surface area contributed by atoms with E-state index in [2.05, 4.69) is 55.8 Å². The number of allylic oxidation sites excluding steroid dienone is 1. The van der Waals surface area contributed by atoms with Gasteiger partial charge in [-0.2, -0.15) is 0 Å². The van der Waals surface area contributed by atoms with E-state index >= 15 is 0 Å². The Morgan fingerprint density at radius 2 is 1.79 bits per heavy atom. The van der Waals surface area contributed by atoms with Crippen molar-refractivity contribution in [3.8, 4) is 11.5 Å². The van der Waals surface area contributed by atoms with Crippen molar-refractivity contribution in [2.75, 3.05) is 42.9 Å². The molecule has 0 unspecified atom stereocenters. The van der Waals surface area contributed by atoms with Crippen LogP contribution in [0, 0.1) is 15.5 Å². The number of nitrogens with zero attached hydrogens (tertiary/aromatic N) is 5. The number of anilines is 2. The van der Waals surface area contributed by atoms with E-state index in [0.717, 1.165) is 85.4 Å². The molecule has 2 aliphatic rings. The fourth-order valence-corrected chi connectivity index (χ4v) is 9.17. The number of nitrogens with one attached hydrogen (secondary N) is 3. The molecule has 0 bridgehead atoms. The Balaban J connectivity index is 1.01. The first-order valence-electron chi connectivity index (χ1n) is 20.1. The third-order valence-electron chi connectivity index (χ3n) is 11.6. The number of carbonyl (C=O) groups is 1. The monoisotopic (exact) mass is 862 g/mol. The number of sulfonamides is 1. The lowest BCUT2D eigenvalue weighted by Gasteiger charge is -2.39. The number of imidazole rings is 1. The molecule has 61 heavy (non-hydrogen) atoms. The third kappa shape index (κ3) is 9.43. The van der Waals surface area contributed by atoms with E-state index in [1.54, 1.807) is 48.4 Å². The Labute approximate surface area is 359 Å². The summed E-state index contributed by atoms with van der Waals surface area (Å²) in [6, 6.07) is 24.1. The van der Waals surface area contributed by atoms with Gasteiger partial charge in [-0.15, -0.1) is 0 Å². The van der Waals surface area contributed by atoms with Gasteiger partial charge in [0, 0.05) is 85.9 Å². The van der Waals surface area contributed by atoms with E-state index in [0.29, 0.717) is 5.75 Å². The number of rotatable bonds is 13. The fraction of sp³-hybridized carbons (Fsp3) is 0.289. The minimum Gasteiger partial charge on any atom is -0.456 e. The summed E-state index contributed by atoms with van der Waals surface area (Å²) in [6.45, 7) is 8.88.